The summed E-state index contributed by atoms with van der Waals surface area (Å²) in [7, 11) is 3.70. The number of methoxy groups -OCH3 is 2. The number of hydrogen-bond donors (Lipinski definition) is 0. The van der Waals surface area contributed by atoms with Crippen LogP contribution in [0, 0.1) is 24.4 Å². The number of ether oxygens (including phenoxy) is 2. The SMILES string of the molecule is CCCCc1ccc(N(c2ccc(CCCC)cc2)c2ccc(C3CC3C3CC3OC)cc2)cc1.COC1CC12CC2c1ccc(N(c2ccc(I)cc2)c2ccc(I)cc2)cc1. The topological polar surface area (TPSA) is 24.9 Å². The summed E-state index contributed by atoms with van der Waals surface area (Å²) in [4.78, 5) is 4.73. The maximum absolute atomic E-state index is 5.58. The molecule has 0 amide bonds. The molecule has 0 bridgehead atoms. The first-order valence-electron chi connectivity index (χ1n) is 23.4. The number of halogens is 2. The first-order chi connectivity index (χ1) is 30.8. The molecule has 4 nitrogen and oxygen atoms in total. The van der Waals surface area contributed by atoms with Crippen molar-refractivity contribution in [2.45, 2.75) is 102 Å². The van der Waals surface area contributed by atoms with Gasteiger partial charge in [-0.2, -0.15) is 0 Å². The van der Waals surface area contributed by atoms with E-state index in [2.05, 4.69) is 214 Å². The summed E-state index contributed by atoms with van der Waals surface area (Å²) < 4.78 is 13.6. The normalized spacial score (nSPS) is 23.7. The van der Waals surface area contributed by atoms with Crippen LogP contribution >= 0.6 is 45.2 Å². The third kappa shape index (κ3) is 10.2. The number of benzene rings is 6. The summed E-state index contributed by atoms with van der Waals surface area (Å²) in [5, 5.41) is 0. The summed E-state index contributed by atoms with van der Waals surface area (Å²) in [5.41, 5.74) is 13.5. The van der Waals surface area contributed by atoms with Gasteiger partial charge in [0.15, 0.2) is 0 Å². The molecule has 63 heavy (non-hydrogen) atoms. The molecule has 10 rings (SSSR count). The molecule has 0 saturated heterocycles. The zero-order chi connectivity index (χ0) is 43.5. The van der Waals surface area contributed by atoms with E-state index in [4.69, 9.17) is 9.47 Å². The lowest BCUT2D eigenvalue weighted by Gasteiger charge is -2.26. The van der Waals surface area contributed by atoms with Crippen molar-refractivity contribution < 1.29 is 9.47 Å². The Morgan fingerprint density at radius 3 is 1.29 bits per heavy atom. The van der Waals surface area contributed by atoms with Crippen LogP contribution < -0.4 is 9.80 Å². The highest BCUT2D eigenvalue weighted by atomic mass is 127. The first kappa shape index (κ1) is 44.5. The molecule has 6 aromatic rings. The maximum Gasteiger partial charge on any atom is 0.0641 e. The van der Waals surface area contributed by atoms with Crippen molar-refractivity contribution in [3.8, 4) is 0 Å². The van der Waals surface area contributed by atoms with E-state index in [1.165, 1.54) is 115 Å². The Labute approximate surface area is 404 Å². The predicted octanol–water partition coefficient (Wildman–Crippen LogP) is 16.2. The maximum atomic E-state index is 5.58. The Balaban J connectivity index is 0.000000164. The van der Waals surface area contributed by atoms with Gasteiger partial charge in [0.2, 0.25) is 0 Å². The van der Waals surface area contributed by atoms with Crippen molar-refractivity contribution in [2.24, 2.45) is 17.3 Å². The standard InChI is InChI=1S/C33H41NO.C24H21I2NO/c1-4-6-8-24-10-16-27(17-11-24)34(28-18-12-25(13-19-28)9-7-5-2)29-20-14-26(15-21-29)30-22-31(30)32-23-33(32)35-3;1-28-23-15-24(23)14-22(24)16-2-8-19(9-3-16)27(20-10-4-17(25)5-11-20)21-12-6-18(26)7-13-21/h10-21,30-33H,4-9,22-23H2,1-3H3;2-13,22-23H,14-15H2,1H3. The fourth-order valence-corrected chi connectivity index (χ4v) is 10.8. The van der Waals surface area contributed by atoms with Gasteiger partial charge in [0.1, 0.15) is 0 Å². The van der Waals surface area contributed by atoms with Crippen molar-refractivity contribution in [3.05, 3.63) is 175 Å². The van der Waals surface area contributed by atoms with Crippen LogP contribution in [0.2, 0.25) is 0 Å². The summed E-state index contributed by atoms with van der Waals surface area (Å²) in [5.74, 6) is 3.02. The van der Waals surface area contributed by atoms with E-state index in [1.807, 2.05) is 14.2 Å². The number of rotatable bonds is 17. The van der Waals surface area contributed by atoms with Gasteiger partial charge in [-0.1, -0.05) is 75.2 Å². The molecule has 7 unspecified atom stereocenters. The van der Waals surface area contributed by atoms with Gasteiger partial charge in [-0.05, 0) is 240 Å². The molecule has 7 atom stereocenters. The highest BCUT2D eigenvalue weighted by Gasteiger charge is 2.71. The molecule has 4 saturated carbocycles. The van der Waals surface area contributed by atoms with E-state index in [9.17, 15) is 0 Å². The summed E-state index contributed by atoms with van der Waals surface area (Å²) in [6, 6.07) is 54.3. The molecule has 0 N–H and O–H groups in total. The molecular formula is C57H62I2N2O2. The number of hydrogen-bond acceptors (Lipinski definition) is 4. The van der Waals surface area contributed by atoms with Crippen LogP contribution in [0.25, 0.3) is 0 Å². The highest BCUT2D eigenvalue weighted by molar-refractivity contribution is 14.1. The van der Waals surface area contributed by atoms with Crippen molar-refractivity contribution >= 4 is 79.3 Å². The second kappa shape index (κ2) is 19.8. The number of nitrogens with zero attached hydrogens (tertiary/aromatic N) is 2. The molecule has 326 valence electrons. The molecule has 0 aromatic heterocycles. The quantitative estimate of drug-likeness (QED) is 0.0850. The Morgan fingerprint density at radius 2 is 0.905 bits per heavy atom. The fourth-order valence-electron chi connectivity index (χ4n) is 10.1. The molecule has 0 heterocycles. The van der Waals surface area contributed by atoms with E-state index in [-0.39, 0.29) is 0 Å². The van der Waals surface area contributed by atoms with Crippen LogP contribution in [-0.2, 0) is 22.3 Å². The Hall–Kier alpha value is -3.70. The first-order valence-corrected chi connectivity index (χ1v) is 25.5. The lowest BCUT2D eigenvalue weighted by Crippen LogP contribution is -2.10. The molecule has 4 fully saturated rings. The van der Waals surface area contributed by atoms with E-state index in [0.29, 0.717) is 23.5 Å². The van der Waals surface area contributed by atoms with Crippen LogP contribution in [0.5, 0.6) is 0 Å². The minimum atomic E-state index is 0.461. The predicted molar refractivity (Wildman–Crippen MR) is 280 cm³/mol. The molecule has 6 heteroatoms. The molecule has 4 aliphatic carbocycles. The van der Waals surface area contributed by atoms with Crippen LogP contribution in [-0.4, -0.2) is 26.4 Å². The zero-order valence-electron chi connectivity index (χ0n) is 37.4. The lowest BCUT2D eigenvalue weighted by molar-refractivity contribution is 0.164. The molecular weight excluding hydrogens is 998 g/mol. The van der Waals surface area contributed by atoms with Gasteiger partial charge in [0.25, 0.3) is 0 Å². The van der Waals surface area contributed by atoms with Crippen LogP contribution in [0.3, 0.4) is 0 Å². The molecule has 0 radical (unpaired) electrons. The average Bonchev–Trinajstić information content (AvgIpc) is 4.16. The van der Waals surface area contributed by atoms with Crippen molar-refractivity contribution in [2.75, 3.05) is 24.0 Å². The zero-order valence-corrected chi connectivity index (χ0v) is 41.7. The molecule has 0 aliphatic heterocycles. The summed E-state index contributed by atoms with van der Waals surface area (Å²) in [6.07, 6.45) is 13.4. The van der Waals surface area contributed by atoms with Gasteiger partial charge in [-0.25, -0.2) is 0 Å². The number of aryl methyl sites for hydroxylation is 2. The van der Waals surface area contributed by atoms with Crippen molar-refractivity contribution in [3.63, 3.8) is 0 Å². The summed E-state index contributed by atoms with van der Waals surface area (Å²) in [6.45, 7) is 4.52. The average molecular weight is 1060 g/mol. The van der Waals surface area contributed by atoms with Crippen LogP contribution in [0.4, 0.5) is 34.1 Å². The van der Waals surface area contributed by atoms with E-state index in [0.717, 1.165) is 30.6 Å². The van der Waals surface area contributed by atoms with Crippen LogP contribution in [0.15, 0.2) is 146 Å². The summed E-state index contributed by atoms with van der Waals surface area (Å²) >= 11 is 4.71. The molecule has 4 aliphatic rings. The van der Waals surface area contributed by atoms with Crippen molar-refractivity contribution in [1.29, 1.82) is 0 Å². The van der Waals surface area contributed by atoms with Gasteiger partial charge < -0.3 is 19.3 Å². The van der Waals surface area contributed by atoms with Crippen LogP contribution in [0.1, 0.15) is 99.3 Å². The minimum Gasteiger partial charge on any atom is -0.381 e. The Kier molecular flexibility index (Phi) is 14.0. The lowest BCUT2D eigenvalue weighted by atomic mass is 10.0. The Morgan fingerprint density at radius 1 is 0.492 bits per heavy atom. The number of unbranched alkanes of at least 4 members (excludes halogenated alkanes) is 2. The van der Waals surface area contributed by atoms with E-state index < -0.39 is 0 Å². The van der Waals surface area contributed by atoms with Gasteiger partial charge >= 0.3 is 0 Å². The third-order valence-corrected chi connectivity index (χ3v) is 15.7. The van der Waals surface area contributed by atoms with Gasteiger partial charge in [-0.15, -0.1) is 0 Å². The van der Waals surface area contributed by atoms with Crippen molar-refractivity contribution in [1.82, 2.24) is 0 Å². The monoisotopic (exact) mass is 1060 g/mol. The Bertz CT molecular complexity index is 2300. The fraction of sp³-hybridized carbons (Fsp3) is 0.368. The third-order valence-electron chi connectivity index (χ3n) is 14.3. The van der Waals surface area contributed by atoms with Gasteiger partial charge in [0, 0.05) is 60.9 Å². The number of anilines is 6. The van der Waals surface area contributed by atoms with E-state index >= 15 is 0 Å². The minimum absolute atomic E-state index is 0.461. The largest absolute Gasteiger partial charge is 0.381 e. The highest BCUT2D eigenvalue weighted by Crippen LogP contribution is 2.75. The molecule has 6 aromatic carbocycles. The van der Waals surface area contributed by atoms with Gasteiger partial charge in [-0.3, -0.25) is 0 Å². The second-order valence-corrected chi connectivity index (χ2v) is 20.9. The van der Waals surface area contributed by atoms with E-state index in [1.54, 1.807) is 0 Å². The second-order valence-electron chi connectivity index (χ2n) is 18.4. The molecule has 1 spiro atoms. The smallest absolute Gasteiger partial charge is 0.0641 e. The van der Waals surface area contributed by atoms with Gasteiger partial charge in [0.05, 0.1) is 12.2 Å².